The largest absolute Gasteiger partial charge is 0.479 e. The molecule has 0 aliphatic carbocycles. The lowest BCUT2D eigenvalue weighted by Crippen LogP contribution is -2.29. The summed E-state index contributed by atoms with van der Waals surface area (Å²) in [6.45, 7) is 0.00980. The van der Waals surface area contributed by atoms with Crippen LogP contribution in [0.3, 0.4) is 0 Å². The van der Waals surface area contributed by atoms with Crippen LogP contribution in [0.25, 0.3) is 6.08 Å². The molecule has 0 N–H and O–H groups in total. The lowest BCUT2D eigenvalue weighted by Gasteiger charge is -2.12. The van der Waals surface area contributed by atoms with Gasteiger partial charge in [-0.15, -0.1) is 0 Å². The molecule has 1 aliphatic rings. The van der Waals surface area contributed by atoms with E-state index in [2.05, 4.69) is 4.74 Å². The van der Waals surface area contributed by atoms with Crippen molar-refractivity contribution >= 4 is 58.2 Å². The summed E-state index contributed by atoms with van der Waals surface area (Å²) in [5.41, 5.74) is 1.69. The Morgan fingerprint density at radius 2 is 1.81 bits per heavy atom. The molecule has 0 saturated carbocycles. The summed E-state index contributed by atoms with van der Waals surface area (Å²) in [6, 6.07) is 13.0. The van der Waals surface area contributed by atoms with Crippen LogP contribution < -0.4 is 4.74 Å². The molecule has 31 heavy (non-hydrogen) atoms. The highest BCUT2D eigenvalue weighted by atomic mass is 35.5. The SMILES string of the molecule is COC(=O)COc1c(Cl)cc(/C=C2/SC(=O)N(CCCc3ccccc3)C2=O)cc1Cl. The predicted octanol–water partition coefficient (Wildman–Crippen LogP) is 5.21. The smallest absolute Gasteiger partial charge is 0.343 e. The second-order valence-corrected chi connectivity index (χ2v) is 8.41. The first-order chi connectivity index (χ1) is 14.9. The molecule has 0 aromatic heterocycles. The zero-order valence-electron chi connectivity index (χ0n) is 16.6. The molecule has 1 saturated heterocycles. The van der Waals surface area contributed by atoms with Crippen molar-refractivity contribution in [3.8, 4) is 5.75 Å². The summed E-state index contributed by atoms with van der Waals surface area (Å²) in [7, 11) is 1.24. The molecule has 2 amide bonds. The second kappa shape index (κ2) is 10.7. The van der Waals surface area contributed by atoms with E-state index >= 15 is 0 Å². The van der Waals surface area contributed by atoms with Gasteiger partial charge in [0.05, 0.1) is 22.1 Å². The third kappa shape index (κ3) is 6.03. The Balaban J connectivity index is 1.67. The van der Waals surface area contributed by atoms with E-state index in [0.29, 0.717) is 23.4 Å². The highest BCUT2D eigenvalue weighted by molar-refractivity contribution is 8.18. The van der Waals surface area contributed by atoms with Gasteiger partial charge in [0.2, 0.25) is 0 Å². The van der Waals surface area contributed by atoms with Crippen LogP contribution in [0.1, 0.15) is 17.5 Å². The van der Waals surface area contributed by atoms with Gasteiger partial charge in [-0.05, 0) is 53.9 Å². The fourth-order valence-corrected chi connectivity index (χ4v) is 4.40. The van der Waals surface area contributed by atoms with Gasteiger partial charge in [-0.1, -0.05) is 53.5 Å². The first-order valence-corrected chi connectivity index (χ1v) is 10.9. The number of halogens is 2. The van der Waals surface area contributed by atoms with E-state index in [9.17, 15) is 14.4 Å². The van der Waals surface area contributed by atoms with Crippen LogP contribution in [0.2, 0.25) is 10.0 Å². The second-order valence-electron chi connectivity index (χ2n) is 6.60. The Hall–Kier alpha value is -2.48. The number of esters is 1. The van der Waals surface area contributed by atoms with E-state index in [0.717, 1.165) is 23.7 Å². The molecule has 3 rings (SSSR count). The molecule has 0 radical (unpaired) electrons. The van der Waals surface area contributed by atoms with Crippen LogP contribution in [0.15, 0.2) is 47.4 Å². The van der Waals surface area contributed by atoms with Crippen molar-refractivity contribution in [3.05, 3.63) is 68.5 Å². The Morgan fingerprint density at radius 3 is 2.45 bits per heavy atom. The number of hydrogen-bond donors (Lipinski definition) is 0. The zero-order valence-corrected chi connectivity index (χ0v) is 18.9. The maximum atomic E-state index is 12.7. The van der Waals surface area contributed by atoms with Crippen molar-refractivity contribution in [2.24, 2.45) is 0 Å². The van der Waals surface area contributed by atoms with Crippen LogP contribution >= 0.6 is 35.0 Å². The molecule has 2 aromatic rings. The molecule has 0 bridgehead atoms. The molecule has 2 aromatic carbocycles. The number of benzene rings is 2. The van der Waals surface area contributed by atoms with Crippen molar-refractivity contribution in [1.82, 2.24) is 4.90 Å². The average molecular weight is 480 g/mol. The van der Waals surface area contributed by atoms with Crippen molar-refractivity contribution in [2.75, 3.05) is 20.3 Å². The number of rotatable bonds is 8. The first kappa shape index (κ1) is 23.2. The average Bonchev–Trinajstić information content (AvgIpc) is 3.01. The number of thioether (sulfide) groups is 1. The minimum Gasteiger partial charge on any atom is -0.479 e. The van der Waals surface area contributed by atoms with E-state index in [1.165, 1.54) is 12.0 Å². The van der Waals surface area contributed by atoms with Gasteiger partial charge < -0.3 is 9.47 Å². The zero-order chi connectivity index (χ0) is 22.4. The van der Waals surface area contributed by atoms with E-state index in [1.54, 1.807) is 18.2 Å². The van der Waals surface area contributed by atoms with Crippen LogP contribution in [0, 0.1) is 0 Å². The quantitative estimate of drug-likeness (QED) is 0.381. The van der Waals surface area contributed by atoms with Crippen LogP contribution in [0.5, 0.6) is 5.75 Å². The molecule has 162 valence electrons. The Kier molecular flexibility index (Phi) is 8.01. The third-order valence-corrected chi connectivity index (χ3v) is 5.91. The number of methoxy groups -OCH3 is 1. The molecule has 1 heterocycles. The summed E-state index contributed by atoms with van der Waals surface area (Å²) in [4.78, 5) is 37.8. The summed E-state index contributed by atoms with van der Waals surface area (Å²) >= 11 is 13.3. The number of hydrogen-bond acceptors (Lipinski definition) is 6. The normalized spacial score (nSPS) is 14.9. The third-order valence-electron chi connectivity index (χ3n) is 4.44. The fourth-order valence-electron chi connectivity index (χ4n) is 2.92. The Labute approximate surface area is 194 Å². The van der Waals surface area contributed by atoms with Gasteiger partial charge in [-0.2, -0.15) is 0 Å². The number of ether oxygens (including phenoxy) is 2. The van der Waals surface area contributed by atoms with Gasteiger partial charge in [0.1, 0.15) is 0 Å². The van der Waals surface area contributed by atoms with Gasteiger partial charge in [-0.25, -0.2) is 4.79 Å². The van der Waals surface area contributed by atoms with Gasteiger partial charge in [0, 0.05) is 6.54 Å². The molecule has 1 aliphatic heterocycles. The number of amides is 2. The number of imide groups is 1. The van der Waals surface area contributed by atoms with Crippen LogP contribution in [-0.4, -0.2) is 42.3 Å². The van der Waals surface area contributed by atoms with Crippen molar-refractivity contribution < 1.29 is 23.9 Å². The fraction of sp³-hybridized carbons (Fsp3) is 0.227. The predicted molar refractivity (Wildman–Crippen MR) is 121 cm³/mol. The van der Waals surface area contributed by atoms with Crippen molar-refractivity contribution in [3.63, 3.8) is 0 Å². The molecule has 6 nitrogen and oxygen atoms in total. The number of aryl methyl sites for hydroxylation is 1. The van der Waals surface area contributed by atoms with E-state index in [4.69, 9.17) is 27.9 Å². The van der Waals surface area contributed by atoms with E-state index in [1.807, 2.05) is 30.3 Å². The minimum atomic E-state index is -0.572. The van der Waals surface area contributed by atoms with Gasteiger partial charge in [0.15, 0.2) is 12.4 Å². The van der Waals surface area contributed by atoms with Gasteiger partial charge in [0.25, 0.3) is 11.1 Å². The molecular formula is C22H19Cl2NO5S. The van der Waals surface area contributed by atoms with Crippen molar-refractivity contribution in [1.29, 1.82) is 0 Å². The van der Waals surface area contributed by atoms with Crippen LogP contribution in [-0.2, 0) is 20.7 Å². The van der Waals surface area contributed by atoms with Gasteiger partial charge >= 0.3 is 5.97 Å². The standard InChI is InChI=1S/C22H19Cl2NO5S/c1-29-19(26)13-30-20-16(23)10-15(11-17(20)24)12-18-21(27)25(22(28)31-18)9-5-8-14-6-3-2-4-7-14/h2-4,6-7,10-12H,5,8-9,13H2,1H3/b18-12+. The number of carbonyl (C=O) groups is 3. The Bertz CT molecular complexity index is 1000. The Morgan fingerprint density at radius 1 is 1.13 bits per heavy atom. The van der Waals surface area contributed by atoms with Crippen molar-refractivity contribution in [2.45, 2.75) is 12.8 Å². The summed E-state index contributed by atoms with van der Waals surface area (Å²) in [5.74, 6) is -0.779. The molecule has 1 fully saturated rings. The number of nitrogens with zero attached hydrogens (tertiary/aromatic N) is 1. The number of carbonyl (C=O) groups excluding carboxylic acids is 3. The molecule has 0 unspecified atom stereocenters. The first-order valence-electron chi connectivity index (χ1n) is 9.37. The highest BCUT2D eigenvalue weighted by Gasteiger charge is 2.34. The van der Waals surface area contributed by atoms with Crippen LogP contribution in [0.4, 0.5) is 4.79 Å². The molecule has 0 spiro atoms. The topological polar surface area (TPSA) is 72.9 Å². The van der Waals surface area contributed by atoms with Gasteiger partial charge in [-0.3, -0.25) is 14.5 Å². The molecular weight excluding hydrogens is 461 g/mol. The monoisotopic (exact) mass is 479 g/mol. The van der Waals surface area contributed by atoms with E-state index < -0.39 is 5.97 Å². The molecule has 9 heteroatoms. The lowest BCUT2D eigenvalue weighted by molar-refractivity contribution is -0.142. The van der Waals surface area contributed by atoms with E-state index in [-0.39, 0.29) is 33.5 Å². The minimum absolute atomic E-state index is 0.139. The maximum absolute atomic E-state index is 12.7. The lowest BCUT2D eigenvalue weighted by atomic mass is 10.1. The molecule has 0 atom stereocenters. The maximum Gasteiger partial charge on any atom is 0.343 e. The highest BCUT2D eigenvalue weighted by Crippen LogP contribution is 2.37. The summed E-state index contributed by atoms with van der Waals surface area (Å²) in [6.07, 6.45) is 3.02. The summed E-state index contributed by atoms with van der Waals surface area (Å²) in [5, 5.41) is 0.0361. The summed E-state index contributed by atoms with van der Waals surface area (Å²) < 4.78 is 9.80.